The summed E-state index contributed by atoms with van der Waals surface area (Å²) in [5, 5.41) is 3.76. The number of carbonyl (C=O) groups is 1. The SMILES string of the molecule is Cc1cccc(Cl)c1-n1cnc2nc(SCc3ccc(F)cc3)sc2c1=O.Cc1cccc(Cl)c1NC(=O)c1sc(SCc2ccc(F)cc2)nc1N. The zero-order valence-electron chi connectivity index (χ0n) is 27.9. The Kier molecular flexibility index (Phi) is 12.5. The molecule has 0 fully saturated rings. The second kappa shape index (κ2) is 17.2. The average Bonchev–Trinajstić information content (AvgIpc) is 3.74. The molecule has 0 aliphatic heterocycles. The van der Waals surface area contributed by atoms with Crippen LogP contribution in [0.15, 0.2) is 105 Å². The van der Waals surface area contributed by atoms with Gasteiger partial charge in [0.2, 0.25) is 0 Å². The van der Waals surface area contributed by atoms with Crippen LogP contribution in [0, 0.1) is 25.5 Å². The van der Waals surface area contributed by atoms with Gasteiger partial charge in [-0.15, -0.1) is 22.7 Å². The number of rotatable bonds is 9. The lowest BCUT2D eigenvalue weighted by Crippen LogP contribution is -2.19. The Morgan fingerprint density at radius 1 is 0.811 bits per heavy atom. The molecule has 53 heavy (non-hydrogen) atoms. The van der Waals surface area contributed by atoms with Crippen LogP contribution in [0.3, 0.4) is 0 Å². The third-order valence-electron chi connectivity index (χ3n) is 7.58. The van der Waals surface area contributed by atoms with E-state index >= 15 is 0 Å². The first-order valence-electron chi connectivity index (χ1n) is 15.7. The number of nitrogen functional groups attached to an aromatic ring is 1. The molecule has 0 saturated heterocycles. The maximum absolute atomic E-state index is 13.0. The van der Waals surface area contributed by atoms with Gasteiger partial charge in [-0.3, -0.25) is 14.2 Å². The summed E-state index contributed by atoms with van der Waals surface area (Å²) >= 11 is 17.9. The number of hydrogen-bond acceptors (Lipinski definition) is 10. The molecule has 0 saturated carbocycles. The van der Waals surface area contributed by atoms with Crippen LogP contribution in [-0.4, -0.2) is 25.4 Å². The van der Waals surface area contributed by atoms with E-state index in [-0.39, 0.29) is 28.9 Å². The number of aryl methyl sites for hydroxylation is 2. The van der Waals surface area contributed by atoms with E-state index < -0.39 is 0 Å². The molecule has 16 heteroatoms. The molecule has 4 aromatic carbocycles. The van der Waals surface area contributed by atoms with Crippen molar-refractivity contribution in [2.45, 2.75) is 34.0 Å². The molecule has 0 aliphatic rings. The van der Waals surface area contributed by atoms with Crippen LogP contribution >= 0.6 is 69.4 Å². The van der Waals surface area contributed by atoms with Crippen molar-refractivity contribution in [2.24, 2.45) is 0 Å². The third kappa shape index (κ3) is 9.44. The maximum Gasteiger partial charge on any atom is 0.277 e. The zero-order valence-corrected chi connectivity index (χ0v) is 32.7. The summed E-state index contributed by atoms with van der Waals surface area (Å²) < 4.78 is 29.3. The van der Waals surface area contributed by atoms with Gasteiger partial charge in [0.15, 0.2) is 14.3 Å². The number of thiazole rings is 2. The van der Waals surface area contributed by atoms with Gasteiger partial charge in [-0.1, -0.05) is 95.3 Å². The minimum Gasteiger partial charge on any atom is -0.382 e. The van der Waals surface area contributed by atoms with Gasteiger partial charge in [0, 0.05) is 11.5 Å². The number of nitrogens with one attached hydrogen (secondary N) is 1. The lowest BCUT2D eigenvalue weighted by molar-refractivity contribution is 0.103. The Labute approximate surface area is 329 Å². The molecule has 3 aromatic heterocycles. The predicted octanol–water partition coefficient (Wildman–Crippen LogP) is 10.6. The summed E-state index contributed by atoms with van der Waals surface area (Å²) in [6.45, 7) is 3.76. The van der Waals surface area contributed by atoms with Crippen molar-refractivity contribution in [3.63, 3.8) is 0 Å². The summed E-state index contributed by atoms with van der Waals surface area (Å²) in [7, 11) is 0. The number of benzene rings is 4. The number of aromatic nitrogens is 4. The predicted molar refractivity (Wildman–Crippen MR) is 215 cm³/mol. The number of para-hydroxylation sites is 2. The van der Waals surface area contributed by atoms with Gasteiger partial charge >= 0.3 is 0 Å². The van der Waals surface area contributed by atoms with Crippen molar-refractivity contribution in [3.8, 4) is 5.69 Å². The van der Waals surface area contributed by atoms with Crippen molar-refractivity contribution < 1.29 is 13.6 Å². The Morgan fingerprint density at radius 3 is 1.96 bits per heavy atom. The van der Waals surface area contributed by atoms with E-state index in [4.69, 9.17) is 28.9 Å². The van der Waals surface area contributed by atoms with E-state index in [9.17, 15) is 18.4 Å². The van der Waals surface area contributed by atoms with Gasteiger partial charge in [-0.05, 0) is 72.5 Å². The first kappa shape index (κ1) is 38.4. The van der Waals surface area contributed by atoms with Crippen LogP contribution in [0.1, 0.15) is 31.9 Å². The fourth-order valence-electron chi connectivity index (χ4n) is 4.89. The van der Waals surface area contributed by atoms with Gasteiger partial charge in [-0.25, -0.2) is 23.7 Å². The van der Waals surface area contributed by atoms with Gasteiger partial charge in [0.05, 0.1) is 21.4 Å². The number of hydrogen-bond donors (Lipinski definition) is 2. The van der Waals surface area contributed by atoms with Crippen molar-refractivity contribution in [2.75, 3.05) is 11.1 Å². The molecular formula is C37H28Cl2F2N6O2S4. The molecule has 0 bridgehead atoms. The highest BCUT2D eigenvalue weighted by Gasteiger charge is 2.19. The summed E-state index contributed by atoms with van der Waals surface area (Å²) in [5.74, 6) is 0.550. The topological polar surface area (TPSA) is 116 Å². The van der Waals surface area contributed by atoms with Gasteiger partial charge in [0.25, 0.3) is 11.5 Å². The zero-order chi connectivity index (χ0) is 37.6. The molecular weight excluding hydrogens is 798 g/mol. The quantitative estimate of drug-likeness (QED) is 0.138. The number of fused-ring (bicyclic) bond motifs is 1. The van der Waals surface area contributed by atoms with Crippen molar-refractivity contribution in [1.82, 2.24) is 19.5 Å². The smallest absolute Gasteiger partial charge is 0.277 e. The Balaban J connectivity index is 0.000000182. The van der Waals surface area contributed by atoms with Crippen LogP contribution in [0.25, 0.3) is 16.0 Å². The van der Waals surface area contributed by atoms with Crippen LogP contribution in [-0.2, 0) is 11.5 Å². The lowest BCUT2D eigenvalue weighted by Gasteiger charge is -2.10. The number of halogens is 4. The van der Waals surface area contributed by atoms with Gasteiger partial charge < -0.3 is 11.1 Å². The Hall–Kier alpha value is -4.31. The normalized spacial score (nSPS) is 11.0. The molecule has 0 atom stereocenters. The van der Waals surface area contributed by atoms with E-state index in [1.54, 1.807) is 36.4 Å². The van der Waals surface area contributed by atoms with E-state index in [1.807, 2.05) is 38.1 Å². The molecule has 0 aliphatic carbocycles. The molecule has 8 nitrogen and oxygen atoms in total. The van der Waals surface area contributed by atoms with E-state index in [2.05, 4.69) is 20.3 Å². The molecule has 0 spiro atoms. The number of thioether (sulfide) groups is 2. The standard InChI is InChI=1S/C19H13ClFN3OS2.C18H15ClFN3OS2/c1-11-3-2-4-14(20)15(11)24-10-22-17-16(18(24)25)27-19(23-17)26-9-12-5-7-13(21)8-6-12;1-10-3-2-4-13(19)14(10)22-17(24)15-16(21)23-18(26-15)25-9-11-5-7-12(20)8-6-11/h2-8,10H,9H2,1H3;2-8H,9,21H2,1H3,(H,22,24). The number of amides is 1. The Morgan fingerprint density at radius 2 is 1.38 bits per heavy atom. The van der Waals surface area contributed by atoms with E-state index in [1.165, 1.54) is 81.4 Å². The van der Waals surface area contributed by atoms with Crippen LogP contribution in [0.4, 0.5) is 20.3 Å². The first-order valence-corrected chi connectivity index (χ1v) is 20.0. The van der Waals surface area contributed by atoms with E-state index in [0.29, 0.717) is 52.5 Å². The number of nitrogens with two attached hydrogens (primary N) is 1. The summed E-state index contributed by atoms with van der Waals surface area (Å²) in [4.78, 5) is 38.8. The van der Waals surface area contributed by atoms with Crippen LogP contribution in [0.2, 0.25) is 10.0 Å². The number of nitrogens with zero attached hydrogens (tertiary/aromatic N) is 4. The summed E-state index contributed by atoms with van der Waals surface area (Å²) in [6.07, 6.45) is 1.47. The van der Waals surface area contributed by atoms with Gasteiger partial charge in [0.1, 0.15) is 33.4 Å². The van der Waals surface area contributed by atoms with Gasteiger partial charge in [-0.2, -0.15) is 0 Å². The minimum atomic E-state index is -0.343. The average molecular weight is 826 g/mol. The Bertz CT molecular complexity index is 2430. The molecule has 7 rings (SSSR count). The monoisotopic (exact) mass is 824 g/mol. The molecule has 3 N–H and O–H groups in total. The highest BCUT2D eigenvalue weighted by atomic mass is 35.5. The highest BCUT2D eigenvalue weighted by Crippen LogP contribution is 2.34. The fourth-order valence-corrected chi connectivity index (χ4v) is 9.37. The first-order chi connectivity index (χ1) is 25.5. The molecule has 0 radical (unpaired) electrons. The van der Waals surface area contributed by atoms with Crippen molar-refractivity contribution in [1.29, 1.82) is 0 Å². The van der Waals surface area contributed by atoms with Crippen molar-refractivity contribution >= 4 is 97.2 Å². The second-order valence-corrected chi connectivity index (χ2v) is 16.6. The van der Waals surface area contributed by atoms with Crippen molar-refractivity contribution in [3.05, 3.63) is 150 Å². The van der Waals surface area contributed by atoms with E-state index in [0.717, 1.165) is 26.6 Å². The number of carbonyl (C=O) groups excluding carboxylic acids is 1. The maximum atomic E-state index is 13.0. The van der Waals surface area contributed by atoms with Crippen LogP contribution < -0.4 is 16.6 Å². The highest BCUT2D eigenvalue weighted by molar-refractivity contribution is 8.00. The molecule has 1 amide bonds. The second-order valence-electron chi connectivity index (χ2n) is 11.4. The third-order valence-corrected chi connectivity index (χ3v) is 12.7. The molecule has 270 valence electrons. The summed E-state index contributed by atoms with van der Waals surface area (Å²) in [5.41, 5.74) is 11.0. The lowest BCUT2D eigenvalue weighted by atomic mass is 10.2. The molecule has 0 unspecified atom stereocenters. The van der Waals surface area contributed by atoms with Crippen LogP contribution in [0.5, 0.6) is 0 Å². The molecule has 3 heterocycles. The minimum absolute atomic E-state index is 0.179. The largest absolute Gasteiger partial charge is 0.382 e. The molecule has 7 aromatic rings. The number of anilines is 2. The fraction of sp³-hybridized carbons (Fsp3) is 0.108. The summed E-state index contributed by atoms with van der Waals surface area (Å²) in [6, 6.07) is 23.5.